The van der Waals surface area contributed by atoms with Crippen LogP contribution in [-0.4, -0.2) is 24.1 Å². The van der Waals surface area contributed by atoms with E-state index in [2.05, 4.69) is 240 Å². The van der Waals surface area contributed by atoms with Gasteiger partial charge in [-0.15, -0.1) is 0 Å². The van der Waals surface area contributed by atoms with Gasteiger partial charge in [0.1, 0.15) is 11.2 Å². The van der Waals surface area contributed by atoms with Crippen molar-refractivity contribution in [1.82, 2.24) is 24.1 Å². The van der Waals surface area contributed by atoms with Gasteiger partial charge in [-0.25, -0.2) is 4.98 Å². The van der Waals surface area contributed by atoms with E-state index in [4.69, 9.17) is 19.4 Å². The van der Waals surface area contributed by atoms with Crippen molar-refractivity contribution in [3.63, 3.8) is 0 Å². The van der Waals surface area contributed by atoms with E-state index in [0.717, 1.165) is 110 Å². The van der Waals surface area contributed by atoms with Crippen molar-refractivity contribution in [3.8, 4) is 78.9 Å². The van der Waals surface area contributed by atoms with E-state index in [1.807, 2.05) is 30.3 Å². The Morgan fingerprint density at radius 3 is 1.40 bits per heavy atom. The molecule has 0 radical (unpaired) electrons. The summed E-state index contributed by atoms with van der Waals surface area (Å²) in [5.41, 5.74) is 17.7. The van der Waals surface area contributed by atoms with Crippen molar-refractivity contribution in [3.05, 3.63) is 261 Å². The maximum absolute atomic E-state index is 6.77. The molecule has 0 saturated heterocycles. The Kier molecular flexibility index (Phi) is 9.78. The van der Waals surface area contributed by atoms with E-state index in [1.54, 1.807) is 0 Å². The third-order valence-electron chi connectivity index (χ3n) is 14.8. The van der Waals surface area contributed by atoms with Crippen LogP contribution in [0.15, 0.2) is 265 Å². The van der Waals surface area contributed by atoms with Gasteiger partial charge in [-0.2, -0.15) is 9.97 Å². The molecule has 4 heterocycles. The van der Waals surface area contributed by atoms with Crippen LogP contribution in [0.2, 0.25) is 0 Å². The second-order valence-electron chi connectivity index (χ2n) is 19.1. The molecule has 75 heavy (non-hydrogen) atoms. The number of fused-ring (bicyclic) bond motifs is 10. The molecule has 0 aliphatic carbocycles. The second kappa shape index (κ2) is 17.3. The molecule has 4 aromatic heterocycles. The van der Waals surface area contributed by atoms with Gasteiger partial charge < -0.3 is 8.98 Å². The van der Waals surface area contributed by atoms with Gasteiger partial charge in [0.15, 0.2) is 11.6 Å². The number of aromatic nitrogens is 5. The third-order valence-corrected chi connectivity index (χ3v) is 14.8. The Labute approximate surface area is 431 Å². The molecule has 0 aliphatic rings. The minimum absolute atomic E-state index is 0.517. The van der Waals surface area contributed by atoms with E-state index >= 15 is 0 Å². The summed E-state index contributed by atoms with van der Waals surface area (Å²) in [5.74, 6) is 1.63. The molecule has 6 heteroatoms. The number of furan rings is 1. The van der Waals surface area contributed by atoms with Crippen LogP contribution >= 0.6 is 0 Å². The highest BCUT2D eigenvalue weighted by Crippen LogP contribution is 2.45. The maximum Gasteiger partial charge on any atom is 0.238 e. The van der Waals surface area contributed by atoms with E-state index < -0.39 is 0 Å². The number of hydrogen-bond donors (Lipinski definition) is 0. The molecule has 0 fully saturated rings. The Morgan fingerprint density at radius 2 is 0.733 bits per heavy atom. The van der Waals surface area contributed by atoms with Crippen LogP contribution in [0.25, 0.3) is 144 Å². The summed E-state index contributed by atoms with van der Waals surface area (Å²) < 4.78 is 11.5. The van der Waals surface area contributed by atoms with Crippen LogP contribution in [0.3, 0.4) is 0 Å². The van der Waals surface area contributed by atoms with Crippen molar-refractivity contribution in [2.24, 2.45) is 0 Å². The molecular weight excluding hydrogens is 915 g/mol. The van der Waals surface area contributed by atoms with Crippen LogP contribution in [0.1, 0.15) is 0 Å². The average Bonchev–Trinajstić information content (AvgIpc) is 4.16. The van der Waals surface area contributed by atoms with E-state index in [-0.39, 0.29) is 0 Å². The summed E-state index contributed by atoms with van der Waals surface area (Å²) in [4.78, 5) is 16.4. The van der Waals surface area contributed by atoms with Gasteiger partial charge in [-0.05, 0) is 87.0 Å². The second-order valence-corrected chi connectivity index (χ2v) is 19.1. The van der Waals surface area contributed by atoms with Gasteiger partial charge in [-0.1, -0.05) is 218 Å². The normalized spacial score (nSPS) is 11.7. The molecule has 0 aliphatic heterocycles. The highest BCUT2D eigenvalue weighted by atomic mass is 16.3. The monoisotopic (exact) mass is 957 g/mol. The zero-order valence-electron chi connectivity index (χ0n) is 40.5. The number of hydrogen-bond acceptors (Lipinski definition) is 4. The maximum atomic E-state index is 6.77. The molecule has 11 aromatic carbocycles. The Balaban J connectivity index is 0.969. The summed E-state index contributed by atoms with van der Waals surface area (Å²) >= 11 is 0. The Morgan fingerprint density at radius 1 is 0.280 bits per heavy atom. The quantitative estimate of drug-likeness (QED) is 0.152. The fourth-order valence-corrected chi connectivity index (χ4v) is 11.4. The zero-order valence-corrected chi connectivity index (χ0v) is 40.5. The fourth-order valence-electron chi connectivity index (χ4n) is 11.4. The molecule has 0 atom stereocenters. The molecule has 0 N–H and O–H groups in total. The van der Waals surface area contributed by atoms with E-state index in [9.17, 15) is 0 Å². The van der Waals surface area contributed by atoms with Crippen LogP contribution in [0.5, 0.6) is 0 Å². The lowest BCUT2D eigenvalue weighted by Crippen LogP contribution is -2.07. The molecule has 0 unspecified atom stereocenters. The molecule has 0 amide bonds. The predicted octanol–water partition coefficient (Wildman–Crippen LogP) is 18.0. The topological polar surface area (TPSA) is 61.7 Å². The number of nitrogens with zero attached hydrogens (tertiary/aromatic N) is 5. The molecular formula is C69H43N5O. The zero-order chi connectivity index (χ0) is 49.4. The minimum atomic E-state index is 0.517. The lowest BCUT2D eigenvalue weighted by molar-refractivity contribution is 0.669. The molecule has 6 nitrogen and oxygen atoms in total. The number of rotatable bonds is 8. The highest BCUT2D eigenvalue weighted by molar-refractivity contribution is 6.24. The molecule has 0 spiro atoms. The first-order valence-corrected chi connectivity index (χ1v) is 25.3. The standard InChI is InChI=1S/C69H43N5O/c1-4-18-44(19-5-1)46-36-38-47(39-37-46)49-24-14-26-51(42-49)53-30-16-34-61-63(53)64-58(31-17-35-62(64)75-61)68-70-67(48-22-8-3-9-23-48)71-69(72-68)74-60-33-13-11-29-55(60)57-41-40-56-54-28-10-12-32-59(54)73(65(56)66(57)74)52-27-15-25-50(43-52)45-20-6-2-7-21-45/h1-43H. The van der Waals surface area contributed by atoms with Gasteiger partial charge in [0, 0.05) is 49.1 Å². The summed E-state index contributed by atoms with van der Waals surface area (Å²) in [6.45, 7) is 0. The summed E-state index contributed by atoms with van der Waals surface area (Å²) in [6.07, 6.45) is 0. The largest absolute Gasteiger partial charge is 0.456 e. The van der Waals surface area contributed by atoms with Crippen molar-refractivity contribution in [2.45, 2.75) is 0 Å². The lowest BCUT2D eigenvalue weighted by atomic mass is 9.94. The molecule has 0 bridgehead atoms. The Bertz CT molecular complexity index is 4690. The van der Waals surface area contributed by atoms with Crippen LogP contribution in [0.4, 0.5) is 0 Å². The van der Waals surface area contributed by atoms with Gasteiger partial charge >= 0.3 is 0 Å². The van der Waals surface area contributed by atoms with Crippen LogP contribution < -0.4 is 0 Å². The number of para-hydroxylation sites is 2. The Hall–Kier alpha value is -10.2. The van der Waals surface area contributed by atoms with Crippen molar-refractivity contribution in [2.75, 3.05) is 0 Å². The third kappa shape index (κ3) is 6.99. The predicted molar refractivity (Wildman–Crippen MR) is 308 cm³/mol. The van der Waals surface area contributed by atoms with E-state index in [0.29, 0.717) is 17.6 Å². The average molecular weight is 958 g/mol. The van der Waals surface area contributed by atoms with Crippen molar-refractivity contribution >= 4 is 65.6 Å². The van der Waals surface area contributed by atoms with E-state index in [1.165, 1.54) is 16.5 Å². The first kappa shape index (κ1) is 42.5. The highest BCUT2D eigenvalue weighted by Gasteiger charge is 2.25. The smallest absolute Gasteiger partial charge is 0.238 e. The molecule has 15 aromatic rings. The van der Waals surface area contributed by atoms with Crippen molar-refractivity contribution in [1.29, 1.82) is 0 Å². The van der Waals surface area contributed by atoms with Gasteiger partial charge in [-0.3, -0.25) is 4.57 Å². The van der Waals surface area contributed by atoms with Gasteiger partial charge in [0.2, 0.25) is 5.95 Å². The summed E-state index contributed by atoms with van der Waals surface area (Å²) in [5, 5.41) is 6.46. The van der Waals surface area contributed by atoms with Gasteiger partial charge in [0.25, 0.3) is 0 Å². The minimum Gasteiger partial charge on any atom is -0.456 e. The molecule has 0 saturated carbocycles. The SMILES string of the molecule is c1ccc(-c2ccc(-c3cccc(-c4cccc5oc6cccc(-c7nc(-c8ccccc8)nc(-n8c9ccccc9c9ccc%10c%11ccccc%11n(-c%11cccc(-c%12ccccc%12)c%11)c%10c98)n7)c6c45)c3)cc2)cc1. The van der Waals surface area contributed by atoms with Crippen molar-refractivity contribution < 1.29 is 4.42 Å². The first-order valence-electron chi connectivity index (χ1n) is 25.3. The summed E-state index contributed by atoms with van der Waals surface area (Å²) in [7, 11) is 0. The van der Waals surface area contributed by atoms with Crippen LogP contribution in [0, 0.1) is 0 Å². The fraction of sp³-hybridized carbons (Fsp3) is 0. The number of benzene rings is 11. The van der Waals surface area contributed by atoms with Gasteiger partial charge in [0.05, 0.1) is 22.1 Å². The first-order chi connectivity index (χ1) is 37.2. The summed E-state index contributed by atoms with van der Waals surface area (Å²) in [6, 6.07) is 92.2. The van der Waals surface area contributed by atoms with Crippen LogP contribution in [-0.2, 0) is 0 Å². The molecule has 350 valence electrons. The molecule has 15 rings (SSSR count). The lowest BCUT2D eigenvalue weighted by Gasteiger charge is -2.14.